The number of carbonyl (C=O) groups is 1. The lowest BCUT2D eigenvalue weighted by Crippen LogP contribution is -2.03. The van der Waals surface area contributed by atoms with Gasteiger partial charge in [0.05, 0.1) is 32.6 Å². The van der Waals surface area contributed by atoms with E-state index in [0.29, 0.717) is 28.4 Å². The summed E-state index contributed by atoms with van der Waals surface area (Å²) < 4.78 is 18.8. The van der Waals surface area contributed by atoms with Crippen molar-refractivity contribution in [3.05, 3.63) is 84.1 Å². The third-order valence-electron chi connectivity index (χ3n) is 5.48. The summed E-state index contributed by atoms with van der Waals surface area (Å²) in [5.41, 5.74) is 6.17. The molecule has 1 heterocycles. The van der Waals surface area contributed by atoms with Crippen LogP contribution in [0.2, 0.25) is 0 Å². The Bertz CT molecular complexity index is 1240. The molecule has 0 aliphatic rings. The molecule has 0 aliphatic carbocycles. The Kier molecular flexibility index (Phi) is 5.99. The van der Waals surface area contributed by atoms with E-state index in [9.17, 15) is 4.79 Å². The minimum atomic E-state index is 0.437. The van der Waals surface area contributed by atoms with Crippen LogP contribution in [0.25, 0.3) is 28.1 Å². The maximum absolute atomic E-state index is 12.1. The van der Waals surface area contributed by atoms with Gasteiger partial charge in [-0.1, -0.05) is 48.0 Å². The van der Waals surface area contributed by atoms with Crippen LogP contribution < -0.4 is 14.2 Å². The molecule has 0 bridgehead atoms. The first kappa shape index (κ1) is 21.2. The summed E-state index contributed by atoms with van der Waals surface area (Å²) in [6, 6.07) is 22.1. The van der Waals surface area contributed by atoms with Crippen LogP contribution in [0, 0.1) is 6.92 Å². The fraction of sp³-hybridized carbons (Fsp3) is 0.148. The average molecular weight is 428 g/mol. The van der Waals surface area contributed by atoms with Gasteiger partial charge in [0.2, 0.25) is 5.75 Å². The SMILES string of the molecule is COc1cc(C=O)c(-c2cc(-c3ccc(C)cc3)cn2-c2ccccc2)c(OC)c1OC. The van der Waals surface area contributed by atoms with Crippen LogP contribution in [0.1, 0.15) is 15.9 Å². The van der Waals surface area contributed by atoms with Gasteiger partial charge >= 0.3 is 0 Å². The highest BCUT2D eigenvalue weighted by Crippen LogP contribution is 2.47. The van der Waals surface area contributed by atoms with E-state index in [0.717, 1.165) is 28.8 Å². The molecule has 1 aromatic heterocycles. The minimum Gasteiger partial charge on any atom is -0.493 e. The summed E-state index contributed by atoms with van der Waals surface area (Å²) in [5.74, 6) is 1.32. The molecule has 4 rings (SSSR count). The number of rotatable bonds is 7. The topological polar surface area (TPSA) is 49.7 Å². The molecular formula is C27H25NO4. The Labute approximate surface area is 187 Å². The molecule has 0 saturated carbocycles. The lowest BCUT2D eigenvalue weighted by atomic mass is 10.0. The van der Waals surface area contributed by atoms with Crippen LogP contribution >= 0.6 is 0 Å². The van der Waals surface area contributed by atoms with Crippen molar-refractivity contribution >= 4 is 6.29 Å². The molecule has 162 valence electrons. The highest BCUT2D eigenvalue weighted by Gasteiger charge is 2.25. The number of aldehydes is 1. The first-order valence-corrected chi connectivity index (χ1v) is 10.2. The number of aryl methyl sites for hydroxylation is 1. The molecule has 0 fully saturated rings. The molecular weight excluding hydrogens is 402 g/mol. The first-order valence-electron chi connectivity index (χ1n) is 10.2. The van der Waals surface area contributed by atoms with Crippen molar-refractivity contribution in [3.8, 4) is 45.3 Å². The molecule has 4 aromatic rings. The number of aromatic nitrogens is 1. The monoisotopic (exact) mass is 427 g/mol. The molecule has 32 heavy (non-hydrogen) atoms. The van der Waals surface area contributed by atoms with Gasteiger partial charge in [-0.2, -0.15) is 0 Å². The Morgan fingerprint density at radius 2 is 1.47 bits per heavy atom. The van der Waals surface area contributed by atoms with E-state index in [-0.39, 0.29) is 0 Å². The Hall–Kier alpha value is -3.99. The Morgan fingerprint density at radius 1 is 0.781 bits per heavy atom. The van der Waals surface area contributed by atoms with Crippen molar-refractivity contribution in [1.29, 1.82) is 0 Å². The summed E-state index contributed by atoms with van der Waals surface area (Å²) in [6.45, 7) is 2.06. The first-order chi connectivity index (χ1) is 15.6. The predicted molar refractivity (Wildman–Crippen MR) is 126 cm³/mol. The van der Waals surface area contributed by atoms with E-state index < -0.39 is 0 Å². The molecule has 0 N–H and O–H groups in total. The zero-order chi connectivity index (χ0) is 22.7. The van der Waals surface area contributed by atoms with E-state index in [1.807, 2.05) is 30.3 Å². The van der Waals surface area contributed by atoms with Crippen molar-refractivity contribution < 1.29 is 19.0 Å². The van der Waals surface area contributed by atoms with Gasteiger partial charge in [-0.05, 0) is 36.8 Å². The quantitative estimate of drug-likeness (QED) is 0.342. The van der Waals surface area contributed by atoms with Gasteiger partial charge in [-0.15, -0.1) is 0 Å². The normalized spacial score (nSPS) is 10.6. The zero-order valence-electron chi connectivity index (χ0n) is 18.6. The maximum Gasteiger partial charge on any atom is 0.204 e. The van der Waals surface area contributed by atoms with Crippen molar-refractivity contribution in [2.45, 2.75) is 6.92 Å². The minimum absolute atomic E-state index is 0.437. The van der Waals surface area contributed by atoms with Crippen molar-refractivity contribution in [2.75, 3.05) is 21.3 Å². The summed E-state index contributed by atoms with van der Waals surface area (Å²) in [4.78, 5) is 12.1. The fourth-order valence-electron chi connectivity index (χ4n) is 3.89. The number of hydrogen-bond acceptors (Lipinski definition) is 4. The van der Waals surface area contributed by atoms with Gasteiger partial charge in [0.25, 0.3) is 0 Å². The van der Waals surface area contributed by atoms with E-state index in [1.54, 1.807) is 20.3 Å². The van der Waals surface area contributed by atoms with Gasteiger partial charge in [0.15, 0.2) is 17.8 Å². The summed E-state index contributed by atoms with van der Waals surface area (Å²) >= 11 is 0. The Balaban J connectivity index is 2.05. The number of para-hydroxylation sites is 1. The number of benzene rings is 3. The summed E-state index contributed by atoms with van der Waals surface area (Å²) in [5, 5.41) is 0. The van der Waals surface area contributed by atoms with Gasteiger partial charge in [-0.25, -0.2) is 0 Å². The van der Waals surface area contributed by atoms with Crippen molar-refractivity contribution in [1.82, 2.24) is 4.57 Å². The highest BCUT2D eigenvalue weighted by molar-refractivity contribution is 5.94. The van der Waals surface area contributed by atoms with Gasteiger partial charge in [-0.3, -0.25) is 4.79 Å². The largest absolute Gasteiger partial charge is 0.493 e. The standard InChI is InChI=1S/C27H25NO4/c1-18-10-12-19(13-11-18)20-14-23(28(16-20)22-8-6-5-7-9-22)25-21(17-29)15-24(30-2)26(31-3)27(25)32-4/h5-17H,1-4H3. The van der Waals surface area contributed by atoms with Crippen LogP contribution in [0.3, 0.4) is 0 Å². The molecule has 0 spiro atoms. The van der Waals surface area contributed by atoms with Gasteiger partial charge in [0.1, 0.15) is 0 Å². The molecule has 0 atom stereocenters. The van der Waals surface area contributed by atoms with Crippen LogP contribution in [0.15, 0.2) is 72.9 Å². The molecule has 3 aromatic carbocycles. The number of methoxy groups -OCH3 is 3. The number of hydrogen-bond donors (Lipinski definition) is 0. The molecule has 0 saturated heterocycles. The second-order valence-corrected chi connectivity index (χ2v) is 7.41. The molecule has 0 unspecified atom stereocenters. The molecule has 5 heteroatoms. The van der Waals surface area contributed by atoms with Gasteiger partial charge in [0, 0.05) is 23.0 Å². The third kappa shape index (κ3) is 3.73. The zero-order valence-corrected chi connectivity index (χ0v) is 18.6. The average Bonchev–Trinajstić information content (AvgIpc) is 3.28. The van der Waals surface area contributed by atoms with E-state index in [1.165, 1.54) is 12.7 Å². The van der Waals surface area contributed by atoms with Crippen molar-refractivity contribution in [3.63, 3.8) is 0 Å². The second-order valence-electron chi connectivity index (χ2n) is 7.41. The summed E-state index contributed by atoms with van der Waals surface area (Å²) in [6.07, 6.45) is 2.88. The molecule has 5 nitrogen and oxygen atoms in total. The highest BCUT2D eigenvalue weighted by atomic mass is 16.5. The van der Waals surface area contributed by atoms with Crippen molar-refractivity contribution in [2.24, 2.45) is 0 Å². The second kappa shape index (κ2) is 9.02. The van der Waals surface area contributed by atoms with Crippen LogP contribution in [0.4, 0.5) is 0 Å². The predicted octanol–water partition coefficient (Wildman–Crippen LogP) is 5.96. The van der Waals surface area contributed by atoms with Crippen LogP contribution in [-0.2, 0) is 0 Å². The molecule has 0 radical (unpaired) electrons. The number of ether oxygens (including phenoxy) is 3. The maximum atomic E-state index is 12.1. The molecule has 0 amide bonds. The van der Waals surface area contributed by atoms with Gasteiger partial charge < -0.3 is 18.8 Å². The van der Waals surface area contributed by atoms with Crippen LogP contribution in [0.5, 0.6) is 17.2 Å². The number of nitrogens with zero attached hydrogens (tertiary/aromatic N) is 1. The van der Waals surface area contributed by atoms with E-state index >= 15 is 0 Å². The summed E-state index contributed by atoms with van der Waals surface area (Å²) in [7, 11) is 4.65. The van der Waals surface area contributed by atoms with E-state index in [4.69, 9.17) is 14.2 Å². The molecule has 0 aliphatic heterocycles. The lowest BCUT2D eigenvalue weighted by molar-refractivity contribution is 0.112. The lowest BCUT2D eigenvalue weighted by Gasteiger charge is -2.19. The van der Waals surface area contributed by atoms with E-state index in [2.05, 4.69) is 48.0 Å². The number of carbonyl (C=O) groups excluding carboxylic acids is 1. The fourth-order valence-corrected chi connectivity index (χ4v) is 3.89. The van der Waals surface area contributed by atoms with Crippen LogP contribution in [-0.4, -0.2) is 32.2 Å². The Morgan fingerprint density at radius 3 is 2.06 bits per heavy atom. The smallest absolute Gasteiger partial charge is 0.204 e. The third-order valence-corrected chi connectivity index (χ3v) is 5.48.